The summed E-state index contributed by atoms with van der Waals surface area (Å²) in [5.74, 6) is 0.620. The fraction of sp³-hybridized carbons (Fsp3) is 0.294. The van der Waals surface area contributed by atoms with Crippen LogP contribution in [0.25, 0.3) is 0 Å². The van der Waals surface area contributed by atoms with Gasteiger partial charge in [-0.05, 0) is 28.7 Å². The molecule has 4 atom stereocenters. The maximum atomic E-state index is 6.78. The Morgan fingerprint density at radius 2 is 1.26 bits per heavy atom. The van der Waals surface area contributed by atoms with Crippen molar-refractivity contribution in [1.29, 1.82) is 0 Å². The minimum atomic E-state index is 0.0334. The lowest BCUT2D eigenvalue weighted by Crippen LogP contribution is -2.23. The zero-order valence-corrected chi connectivity index (χ0v) is 11.9. The third-order valence-electron chi connectivity index (χ3n) is 4.55. The number of hydrogen-bond acceptors (Lipinski definition) is 0. The van der Waals surface area contributed by atoms with E-state index in [2.05, 4.69) is 48.5 Å². The average molecular weight is 289 g/mol. The quantitative estimate of drug-likeness (QED) is 0.584. The van der Waals surface area contributed by atoms with Crippen LogP contribution in [0.4, 0.5) is 0 Å². The van der Waals surface area contributed by atoms with Gasteiger partial charge in [-0.2, -0.15) is 0 Å². The summed E-state index contributed by atoms with van der Waals surface area (Å²) in [6.07, 6.45) is 0.964. The largest absolute Gasteiger partial charge is 0.122 e. The molecule has 2 bridgehead atoms. The van der Waals surface area contributed by atoms with Gasteiger partial charge in [0.05, 0.1) is 5.38 Å². The van der Waals surface area contributed by atoms with Gasteiger partial charge in [0.2, 0.25) is 0 Å². The molecule has 0 spiro atoms. The molecule has 2 aromatic carbocycles. The van der Waals surface area contributed by atoms with E-state index in [1.807, 2.05) is 0 Å². The summed E-state index contributed by atoms with van der Waals surface area (Å²) in [4.78, 5) is 0. The van der Waals surface area contributed by atoms with Gasteiger partial charge in [-0.15, -0.1) is 23.2 Å². The Hall–Kier alpha value is -0.980. The van der Waals surface area contributed by atoms with E-state index in [-0.39, 0.29) is 16.7 Å². The normalized spacial score (nSPS) is 31.5. The van der Waals surface area contributed by atoms with Crippen LogP contribution < -0.4 is 0 Å². The molecule has 5 rings (SSSR count). The molecule has 0 heterocycles. The first kappa shape index (κ1) is 11.8. The van der Waals surface area contributed by atoms with Crippen molar-refractivity contribution >= 4 is 23.2 Å². The predicted molar refractivity (Wildman–Crippen MR) is 80.3 cm³/mol. The Morgan fingerprint density at radius 3 is 1.95 bits per heavy atom. The summed E-state index contributed by atoms with van der Waals surface area (Å²) in [6, 6.07) is 17.2. The second kappa shape index (κ2) is 4.26. The van der Waals surface area contributed by atoms with E-state index in [9.17, 15) is 0 Å². The van der Waals surface area contributed by atoms with Crippen LogP contribution in [0, 0.1) is 0 Å². The van der Waals surface area contributed by atoms with Crippen LogP contribution in [0.3, 0.4) is 0 Å². The molecule has 3 aliphatic carbocycles. The van der Waals surface area contributed by atoms with Gasteiger partial charge in [-0.3, -0.25) is 0 Å². The van der Waals surface area contributed by atoms with Crippen molar-refractivity contribution in [3.63, 3.8) is 0 Å². The Morgan fingerprint density at radius 1 is 0.737 bits per heavy atom. The maximum absolute atomic E-state index is 6.78. The smallest absolute Gasteiger partial charge is 0.0657 e. The van der Waals surface area contributed by atoms with Crippen LogP contribution in [0.2, 0.25) is 0 Å². The summed E-state index contributed by atoms with van der Waals surface area (Å²) >= 11 is 13.5. The van der Waals surface area contributed by atoms with Crippen molar-refractivity contribution in [2.75, 3.05) is 0 Å². The number of hydrogen-bond donors (Lipinski definition) is 0. The van der Waals surface area contributed by atoms with Crippen LogP contribution in [-0.4, -0.2) is 5.38 Å². The fourth-order valence-corrected chi connectivity index (χ4v) is 4.63. The molecular formula is C17H14Cl2. The highest BCUT2D eigenvalue weighted by Gasteiger charge is 2.43. The minimum absolute atomic E-state index is 0.0334. The first-order valence-corrected chi connectivity index (χ1v) is 7.60. The van der Waals surface area contributed by atoms with E-state index in [1.54, 1.807) is 0 Å². The molecular weight excluding hydrogens is 275 g/mol. The van der Waals surface area contributed by atoms with Crippen molar-refractivity contribution < 1.29 is 0 Å². The molecule has 2 heteroatoms. The van der Waals surface area contributed by atoms with E-state index >= 15 is 0 Å². The maximum Gasteiger partial charge on any atom is 0.0657 e. The molecule has 0 N–H and O–H groups in total. The number of fused-ring (bicyclic) bond motifs is 1. The monoisotopic (exact) mass is 288 g/mol. The van der Waals surface area contributed by atoms with Gasteiger partial charge in [-0.25, -0.2) is 0 Å². The van der Waals surface area contributed by atoms with Crippen LogP contribution >= 0.6 is 23.2 Å². The lowest BCUT2D eigenvalue weighted by molar-refractivity contribution is 0.541. The summed E-state index contributed by atoms with van der Waals surface area (Å²) in [6.45, 7) is 0. The van der Waals surface area contributed by atoms with Gasteiger partial charge < -0.3 is 0 Å². The molecule has 19 heavy (non-hydrogen) atoms. The molecule has 0 nitrogen and oxygen atoms in total. The molecule has 96 valence electrons. The van der Waals surface area contributed by atoms with E-state index in [0.29, 0.717) is 5.92 Å². The molecule has 0 saturated heterocycles. The van der Waals surface area contributed by atoms with Crippen molar-refractivity contribution in [1.82, 2.24) is 0 Å². The van der Waals surface area contributed by atoms with Crippen LogP contribution in [0.15, 0.2) is 48.5 Å². The highest BCUT2D eigenvalue weighted by Crippen LogP contribution is 2.56. The Bertz CT molecular complexity index is 629. The predicted octanol–water partition coefficient (Wildman–Crippen LogP) is 5.21. The van der Waals surface area contributed by atoms with E-state index in [1.165, 1.54) is 22.3 Å². The number of benzene rings is 2. The molecule has 0 aliphatic heterocycles. The minimum Gasteiger partial charge on any atom is -0.122 e. The second-order valence-electron chi connectivity index (χ2n) is 5.50. The van der Waals surface area contributed by atoms with E-state index in [4.69, 9.17) is 23.2 Å². The lowest BCUT2D eigenvalue weighted by Gasteiger charge is -2.32. The van der Waals surface area contributed by atoms with Gasteiger partial charge in [0, 0.05) is 17.2 Å². The first-order valence-electron chi connectivity index (χ1n) is 6.73. The fourth-order valence-electron chi connectivity index (χ4n) is 3.73. The van der Waals surface area contributed by atoms with Gasteiger partial charge >= 0.3 is 0 Å². The van der Waals surface area contributed by atoms with Crippen molar-refractivity contribution in [3.8, 4) is 0 Å². The number of alkyl halides is 2. The standard InChI is InChI=1S/C17H14Cl2/c18-15-9-14-10-5-1-2-6-11(10)16(15)12-7-3-4-8-13(12)17(14)19/h1-8,14-17H,9H2/t14-,15+,16-,17+/m0/s1. The molecule has 0 radical (unpaired) electrons. The highest BCUT2D eigenvalue weighted by molar-refractivity contribution is 6.23. The van der Waals surface area contributed by atoms with Gasteiger partial charge in [-0.1, -0.05) is 48.5 Å². The van der Waals surface area contributed by atoms with Crippen molar-refractivity contribution in [3.05, 3.63) is 70.8 Å². The highest BCUT2D eigenvalue weighted by atomic mass is 35.5. The van der Waals surface area contributed by atoms with Crippen LogP contribution in [-0.2, 0) is 0 Å². The Balaban J connectivity index is 2.05. The van der Waals surface area contributed by atoms with Crippen LogP contribution in [0.5, 0.6) is 0 Å². The average Bonchev–Trinajstić information content (AvgIpc) is 2.62. The molecule has 3 aliphatic rings. The molecule has 0 amide bonds. The molecule has 2 aromatic rings. The summed E-state index contributed by atoms with van der Waals surface area (Å²) in [7, 11) is 0. The van der Waals surface area contributed by atoms with Crippen molar-refractivity contribution in [2.45, 2.75) is 29.0 Å². The summed E-state index contributed by atoms with van der Waals surface area (Å²) in [5.41, 5.74) is 5.34. The third kappa shape index (κ3) is 1.60. The van der Waals surface area contributed by atoms with Crippen molar-refractivity contribution in [2.24, 2.45) is 0 Å². The zero-order valence-electron chi connectivity index (χ0n) is 10.4. The lowest BCUT2D eigenvalue weighted by atomic mass is 9.76. The second-order valence-corrected chi connectivity index (χ2v) is 6.53. The molecule has 0 saturated carbocycles. The van der Waals surface area contributed by atoms with Gasteiger partial charge in [0.1, 0.15) is 0 Å². The Kier molecular flexibility index (Phi) is 2.65. The summed E-state index contributed by atoms with van der Waals surface area (Å²) in [5, 5.41) is 0.177. The third-order valence-corrected chi connectivity index (χ3v) is 5.52. The molecule has 0 fully saturated rings. The summed E-state index contributed by atoms with van der Waals surface area (Å²) < 4.78 is 0. The molecule has 0 aromatic heterocycles. The number of rotatable bonds is 0. The van der Waals surface area contributed by atoms with Gasteiger partial charge in [0.15, 0.2) is 0 Å². The topological polar surface area (TPSA) is 0 Å². The Labute approximate surface area is 123 Å². The first-order chi connectivity index (χ1) is 9.27. The van der Waals surface area contributed by atoms with Crippen LogP contribution in [0.1, 0.15) is 45.9 Å². The van der Waals surface area contributed by atoms with E-state index < -0.39 is 0 Å². The number of halogens is 2. The van der Waals surface area contributed by atoms with E-state index in [0.717, 1.165) is 6.42 Å². The van der Waals surface area contributed by atoms with Gasteiger partial charge in [0.25, 0.3) is 0 Å². The SMILES string of the molecule is Cl[C@@H]1C[C@H]2c3ccccc3[C@H]1c1ccccc1[C@H]2Cl. The zero-order chi connectivity index (χ0) is 13.0. The molecule has 0 unspecified atom stereocenters.